The van der Waals surface area contributed by atoms with Gasteiger partial charge in [0.2, 0.25) is 0 Å². The Morgan fingerprint density at radius 1 is 0.739 bits per heavy atom. The van der Waals surface area contributed by atoms with Crippen LogP contribution in [0.1, 0.15) is 101 Å². The molecule has 2 aromatic rings. The predicted molar refractivity (Wildman–Crippen MR) is 180 cm³/mol. The molecule has 0 fully saturated rings. The lowest BCUT2D eigenvalue weighted by Crippen LogP contribution is -2.40. The molecule has 0 spiro atoms. The lowest BCUT2D eigenvalue weighted by Gasteiger charge is -2.26. The molecule has 4 unspecified atom stereocenters. The highest BCUT2D eigenvalue weighted by Gasteiger charge is 2.33. The van der Waals surface area contributed by atoms with Crippen molar-refractivity contribution in [2.75, 3.05) is 0 Å². The normalized spacial score (nSPS) is 14.8. The molecule has 0 bridgehead atoms. The number of hydrogen-bond donors (Lipinski definition) is 2. The molecule has 0 aliphatic rings. The van der Waals surface area contributed by atoms with Gasteiger partial charge in [0, 0.05) is 0 Å². The zero-order valence-electron chi connectivity index (χ0n) is 28.1. The molecule has 2 N–H and O–H groups in total. The molecule has 2 aromatic carbocycles. The highest BCUT2D eigenvalue weighted by molar-refractivity contribution is 5.90. The van der Waals surface area contributed by atoms with Crippen molar-refractivity contribution < 1.29 is 38.1 Å². The third-order valence-corrected chi connectivity index (χ3v) is 6.65. The van der Waals surface area contributed by atoms with Crippen LogP contribution in [-0.4, -0.2) is 46.6 Å². The van der Waals surface area contributed by atoms with E-state index in [1.807, 2.05) is 53.7 Å². The van der Waals surface area contributed by atoms with Crippen molar-refractivity contribution in [1.29, 1.82) is 0 Å². The van der Waals surface area contributed by atoms with Gasteiger partial charge in [0.25, 0.3) is 0 Å². The highest BCUT2D eigenvalue weighted by Crippen LogP contribution is 2.21. The summed E-state index contributed by atoms with van der Waals surface area (Å²) in [5, 5.41) is 20.2. The number of benzene rings is 2. The fourth-order valence-electron chi connectivity index (χ4n) is 3.98. The summed E-state index contributed by atoms with van der Waals surface area (Å²) in [7, 11) is 0. The fourth-order valence-corrected chi connectivity index (χ4v) is 3.98. The van der Waals surface area contributed by atoms with Gasteiger partial charge in [0.1, 0.15) is 17.8 Å². The molecule has 254 valence electrons. The summed E-state index contributed by atoms with van der Waals surface area (Å²) >= 11 is 0. The van der Waals surface area contributed by atoms with E-state index < -0.39 is 48.0 Å². The maximum atomic E-state index is 14.5. The summed E-state index contributed by atoms with van der Waals surface area (Å²) in [6, 6.07) is 16.8. The number of aliphatic hydroxyl groups is 2. The molecule has 0 aromatic heterocycles. The van der Waals surface area contributed by atoms with E-state index in [2.05, 4.69) is 0 Å². The van der Waals surface area contributed by atoms with Gasteiger partial charge in [-0.2, -0.15) is 0 Å². The number of esters is 2. The van der Waals surface area contributed by atoms with Crippen molar-refractivity contribution in [3.63, 3.8) is 0 Å². The quantitative estimate of drug-likeness (QED) is 0.132. The van der Waals surface area contributed by atoms with Gasteiger partial charge < -0.3 is 19.7 Å². The lowest BCUT2D eigenvalue weighted by molar-refractivity contribution is -0.0656. The maximum absolute atomic E-state index is 14.5. The first-order valence-electron chi connectivity index (χ1n) is 16.2. The molecule has 0 saturated heterocycles. The minimum absolute atomic E-state index is 0.221. The average molecular weight is 643 g/mol. The number of aliphatic hydroxyl groups excluding tert-OH is 2. The van der Waals surface area contributed by atoms with Crippen LogP contribution in [0.3, 0.4) is 0 Å². The molecule has 0 radical (unpaired) electrons. The standard InChI is InChI=1S/C19H27FO4.C19H25FO2/c1-4-8-16(21)17(22)18(15(20)12-11-13(2)3)24-19(23)14-9-6-5-7-10-14;1-4-5-7-12-18(17(20)14-13-15(2)3)22-19(21)16-10-8-6-9-11-16/h5-7,9-10,12-13,16-18,21-22H,4,8,11H2,1-3H3;6-12,14-15,18H,4-5,13H2,1-3H3/b15-12+;12-7-,17-14+. The number of carbonyl (C=O) groups excluding carboxylic acids is 2. The topological polar surface area (TPSA) is 93.1 Å². The van der Waals surface area contributed by atoms with Gasteiger partial charge in [-0.1, -0.05) is 96.9 Å². The molecule has 2 rings (SSSR count). The van der Waals surface area contributed by atoms with Gasteiger partial charge in [0.05, 0.1) is 17.2 Å². The van der Waals surface area contributed by atoms with Crippen LogP contribution in [0.25, 0.3) is 0 Å². The van der Waals surface area contributed by atoms with Crippen molar-refractivity contribution in [1.82, 2.24) is 0 Å². The highest BCUT2D eigenvalue weighted by atomic mass is 19.1. The second kappa shape index (κ2) is 22.8. The fraction of sp³-hybridized carbons (Fsp3) is 0.474. The lowest BCUT2D eigenvalue weighted by atomic mass is 10.0. The molecule has 6 nitrogen and oxygen atoms in total. The maximum Gasteiger partial charge on any atom is 0.339 e. The van der Waals surface area contributed by atoms with Gasteiger partial charge in [-0.3, -0.25) is 0 Å². The Bertz CT molecular complexity index is 1220. The predicted octanol–water partition coefficient (Wildman–Crippen LogP) is 9.10. The van der Waals surface area contributed by atoms with Crippen molar-refractivity contribution in [2.45, 2.75) is 104 Å². The van der Waals surface area contributed by atoms with Crippen LogP contribution in [0.4, 0.5) is 8.78 Å². The van der Waals surface area contributed by atoms with E-state index >= 15 is 0 Å². The van der Waals surface area contributed by atoms with Gasteiger partial charge in [-0.15, -0.1) is 0 Å². The number of carbonyl (C=O) groups is 2. The molecular weight excluding hydrogens is 590 g/mol. The molecule has 0 aliphatic heterocycles. The number of hydrogen-bond acceptors (Lipinski definition) is 6. The third-order valence-electron chi connectivity index (χ3n) is 6.65. The summed E-state index contributed by atoms with van der Waals surface area (Å²) in [4.78, 5) is 24.3. The smallest absolute Gasteiger partial charge is 0.339 e. The summed E-state index contributed by atoms with van der Waals surface area (Å²) in [5.41, 5.74) is 0.685. The van der Waals surface area contributed by atoms with E-state index in [1.165, 1.54) is 12.2 Å². The van der Waals surface area contributed by atoms with Crippen molar-refractivity contribution in [2.24, 2.45) is 11.8 Å². The zero-order valence-corrected chi connectivity index (χ0v) is 28.1. The van der Waals surface area contributed by atoms with Gasteiger partial charge in [0.15, 0.2) is 12.2 Å². The van der Waals surface area contributed by atoms with Crippen molar-refractivity contribution in [3.05, 3.63) is 108 Å². The SMILES string of the molecule is CCC/C=C\C(OC(=O)c1ccccc1)/C(F)=C\CC(C)C.CCCC(O)C(O)C(OC(=O)c1ccccc1)/C(F)=C\CC(C)C. The molecule has 0 heterocycles. The van der Waals surface area contributed by atoms with E-state index in [9.17, 15) is 28.6 Å². The van der Waals surface area contributed by atoms with Crippen LogP contribution in [-0.2, 0) is 9.47 Å². The largest absolute Gasteiger partial charge is 0.449 e. The van der Waals surface area contributed by atoms with Crippen LogP contribution >= 0.6 is 0 Å². The Labute approximate surface area is 273 Å². The van der Waals surface area contributed by atoms with Crippen LogP contribution in [0, 0.1) is 11.8 Å². The molecular formula is C38H52F2O6. The monoisotopic (exact) mass is 642 g/mol. The molecule has 0 saturated carbocycles. The molecule has 4 atom stereocenters. The third kappa shape index (κ3) is 16.1. The van der Waals surface area contributed by atoms with Crippen LogP contribution in [0.2, 0.25) is 0 Å². The molecule has 0 aliphatic carbocycles. The van der Waals surface area contributed by atoms with E-state index in [4.69, 9.17) is 9.47 Å². The number of halogens is 2. The van der Waals surface area contributed by atoms with Crippen molar-refractivity contribution in [3.8, 4) is 0 Å². The average Bonchev–Trinajstić information content (AvgIpc) is 3.05. The van der Waals surface area contributed by atoms with E-state index in [0.717, 1.165) is 12.8 Å². The Kier molecular flexibility index (Phi) is 20.0. The first-order valence-corrected chi connectivity index (χ1v) is 16.2. The molecule has 0 amide bonds. The number of allylic oxidation sites excluding steroid dienone is 3. The summed E-state index contributed by atoms with van der Waals surface area (Å²) in [6.07, 6.45) is 4.91. The minimum atomic E-state index is -1.52. The van der Waals surface area contributed by atoms with Crippen LogP contribution < -0.4 is 0 Å². The molecule has 8 heteroatoms. The van der Waals surface area contributed by atoms with Crippen LogP contribution in [0.15, 0.2) is 96.6 Å². The van der Waals surface area contributed by atoms with E-state index in [1.54, 1.807) is 60.7 Å². The van der Waals surface area contributed by atoms with Gasteiger partial charge >= 0.3 is 11.9 Å². The van der Waals surface area contributed by atoms with Gasteiger partial charge in [-0.25, -0.2) is 18.4 Å². The summed E-state index contributed by atoms with van der Waals surface area (Å²) in [6.45, 7) is 11.8. The Morgan fingerprint density at radius 2 is 1.22 bits per heavy atom. The van der Waals surface area contributed by atoms with Crippen LogP contribution in [0.5, 0.6) is 0 Å². The van der Waals surface area contributed by atoms with Crippen molar-refractivity contribution >= 4 is 11.9 Å². The van der Waals surface area contributed by atoms with Gasteiger partial charge in [-0.05, 0) is 80.0 Å². The summed E-state index contributed by atoms with van der Waals surface area (Å²) in [5.74, 6) is -1.83. The Balaban J connectivity index is 0.000000462. The Morgan fingerprint density at radius 3 is 1.67 bits per heavy atom. The number of rotatable bonds is 17. The first kappa shape index (κ1) is 40.4. The molecule has 46 heavy (non-hydrogen) atoms. The number of ether oxygens (including phenoxy) is 2. The summed E-state index contributed by atoms with van der Waals surface area (Å²) < 4.78 is 39.2. The number of unbranched alkanes of at least 4 members (excludes halogenated alkanes) is 1. The van der Waals surface area contributed by atoms with E-state index in [0.29, 0.717) is 30.7 Å². The zero-order chi connectivity index (χ0) is 34.5. The Hall–Kier alpha value is -3.62. The second-order valence-corrected chi connectivity index (χ2v) is 11.9. The van der Waals surface area contributed by atoms with E-state index in [-0.39, 0.29) is 17.9 Å². The first-order chi connectivity index (χ1) is 21.9. The minimum Gasteiger partial charge on any atom is -0.449 e. The second-order valence-electron chi connectivity index (χ2n) is 11.9.